The molecule has 0 fully saturated rings. The average molecular weight is 544 g/mol. The van der Waals surface area contributed by atoms with E-state index in [1.165, 1.54) is 0 Å². The van der Waals surface area contributed by atoms with Gasteiger partial charge in [-0.25, -0.2) is 4.79 Å². The lowest BCUT2D eigenvalue weighted by atomic mass is 9.99. The van der Waals surface area contributed by atoms with Crippen LogP contribution in [0.15, 0.2) is 30.5 Å². The van der Waals surface area contributed by atoms with Gasteiger partial charge in [-0.1, -0.05) is 59.7 Å². The lowest BCUT2D eigenvalue weighted by Gasteiger charge is -2.26. The van der Waals surface area contributed by atoms with Gasteiger partial charge < -0.3 is 31.8 Å². The number of H-pyrrole nitrogens is 1. The Hall–Kier alpha value is -3.40. The highest BCUT2D eigenvalue weighted by molar-refractivity contribution is 5.94. The molecule has 0 spiro atoms. The molecule has 7 N–H and O–H groups in total. The molecule has 3 amide bonds. The van der Waals surface area contributed by atoms with Gasteiger partial charge in [0, 0.05) is 23.5 Å². The molecule has 0 aliphatic heterocycles. The van der Waals surface area contributed by atoms with Gasteiger partial charge in [0.25, 0.3) is 0 Å². The maximum atomic E-state index is 13.5. The van der Waals surface area contributed by atoms with Crippen LogP contribution in [-0.2, 0) is 25.6 Å². The normalized spacial score (nSPS) is 14.7. The van der Waals surface area contributed by atoms with E-state index in [4.69, 9.17) is 5.73 Å². The SMILES string of the molecule is CC(C)CC(N)C(=O)NC(CC(C)C)C(=O)NC(Cc1c[nH]c2ccccc12)C(=O)NC(CC(C)C)C(=O)O. The van der Waals surface area contributed by atoms with Crippen LogP contribution < -0.4 is 21.7 Å². The first-order valence-corrected chi connectivity index (χ1v) is 13.7. The molecule has 0 aliphatic carbocycles. The molecule has 10 nitrogen and oxygen atoms in total. The number of amides is 3. The molecule has 4 unspecified atom stereocenters. The monoisotopic (exact) mass is 543 g/mol. The molecule has 10 heteroatoms. The topological polar surface area (TPSA) is 166 Å². The highest BCUT2D eigenvalue weighted by Crippen LogP contribution is 2.20. The summed E-state index contributed by atoms with van der Waals surface area (Å²) in [4.78, 5) is 54.7. The quantitative estimate of drug-likeness (QED) is 0.202. The van der Waals surface area contributed by atoms with Crippen LogP contribution >= 0.6 is 0 Å². The van der Waals surface area contributed by atoms with Crippen molar-refractivity contribution >= 4 is 34.6 Å². The molecular weight excluding hydrogens is 498 g/mol. The minimum Gasteiger partial charge on any atom is -0.480 e. The van der Waals surface area contributed by atoms with E-state index < -0.39 is 47.9 Å². The van der Waals surface area contributed by atoms with Crippen LogP contribution in [0.25, 0.3) is 10.9 Å². The van der Waals surface area contributed by atoms with Gasteiger partial charge in [0.1, 0.15) is 18.1 Å². The Balaban J connectivity index is 2.32. The van der Waals surface area contributed by atoms with E-state index in [1.54, 1.807) is 6.20 Å². The van der Waals surface area contributed by atoms with Gasteiger partial charge in [0.2, 0.25) is 17.7 Å². The summed E-state index contributed by atoms with van der Waals surface area (Å²) in [5.41, 5.74) is 7.72. The van der Waals surface area contributed by atoms with E-state index in [0.717, 1.165) is 16.5 Å². The predicted octanol–water partition coefficient (Wildman–Crippen LogP) is 2.72. The lowest BCUT2D eigenvalue weighted by Crippen LogP contribution is -2.58. The number of rotatable bonds is 15. The smallest absolute Gasteiger partial charge is 0.326 e. The third-order valence-electron chi connectivity index (χ3n) is 6.46. The van der Waals surface area contributed by atoms with Crippen LogP contribution in [0.3, 0.4) is 0 Å². The number of fused-ring (bicyclic) bond motifs is 1. The van der Waals surface area contributed by atoms with Crippen molar-refractivity contribution < 1.29 is 24.3 Å². The van der Waals surface area contributed by atoms with Crippen LogP contribution in [0.1, 0.15) is 66.4 Å². The summed E-state index contributed by atoms with van der Waals surface area (Å²) in [5, 5.41) is 18.7. The van der Waals surface area contributed by atoms with Crippen molar-refractivity contribution in [3.63, 3.8) is 0 Å². The molecule has 1 aromatic carbocycles. The maximum absolute atomic E-state index is 13.5. The van der Waals surface area contributed by atoms with Crippen molar-refractivity contribution in [2.24, 2.45) is 23.5 Å². The summed E-state index contributed by atoms with van der Waals surface area (Å²) in [6.45, 7) is 11.5. The summed E-state index contributed by atoms with van der Waals surface area (Å²) >= 11 is 0. The molecule has 39 heavy (non-hydrogen) atoms. The van der Waals surface area contributed by atoms with Crippen LogP contribution in [-0.4, -0.2) is 57.9 Å². The largest absolute Gasteiger partial charge is 0.480 e. The fraction of sp³-hybridized carbons (Fsp3) is 0.586. The number of carbonyl (C=O) groups is 4. The zero-order valence-corrected chi connectivity index (χ0v) is 23.9. The molecule has 1 heterocycles. The number of benzene rings is 1. The molecule has 2 aromatic rings. The van der Waals surface area contributed by atoms with Crippen LogP contribution in [0.5, 0.6) is 0 Å². The highest BCUT2D eigenvalue weighted by atomic mass is 16.4. The van der Waals surface area contributed by atoms with Gasteiger partial charge in [-0.2, -0.15) is 0 Å². The number of aliphatic carboxylic acids is 1. The number of carboxylic acid groups (broad SMARTS) is 1. The Morgan fingerprint density at radius 1 is 0.769 bits per heavy atom. The second-order valence-corrected chi connectivity index (χ2v) is 11.6. The molecule has 1 aromatic heterocycles. The molecule has 0 saturated heterocycles. The lowest BCUT2D eigenvalue weighted by molar-refractivity contribution is -0.142. The van der Waals surface area contributed by atoms with Crippen molar-refractivity contribution in [1.82, 2.24) is 20.9 Å². The van der Waals surface area contributed by atoms with Crippen LogP contribution in [0.4, 0.5) is 0 Å². The first-order chi connectivity index (χ1) is 18.3. The standard InChI is InChI=1S/C29H45N5O5/c1-16(2)11-21(30)26(35)32-23(12-17(3)4)27(36)33-24(28(37)34-25(29(38)39)13-18(5)6)14-19-15-31-22-10-8-7-9-20(19)22/h7-10,15-18,21,23-25,31H,11-14,30H2,1-6H3,(H,32,35)(H,33,36)(H,34,37)(H,38,39). The predicted molar refractivity (Wildman–Crippen MR) is 152 cm³/mol. The van der Waals surface area contributed by atoms with Gasteiger partial charge in [0.15, 0.2) is 0 Å². The van der Waals surface area contributed by atoms with Crippen molar-refractivity contribution in [1.29, 1.82) is 0 Å². The maximum Gasteiger partial charge on any atom is 0.326 e. The van der Waals surface area contributed by atoms with E-state index in [0.29, 0.717) is 12.8 Å². The number of nitrogens with one attached hydrogen (secondary N) is 4. The third kappa shape index (κ3) is 10.0. The molecule has 2 rings (SSSR count). The molecule has 216 valence electrons. The number of aromatic amines is 1. The Kier molecular flexibility index (Phi) is 12.0. The zero-order chi connectivity index (χ0) is 29.3. The van der Waals surface area contributed by atoms with E-state index in [1.807, 2.05) is 65.8 Å². The molecule has 0 bridgehead atoms. The van der Waals surface area contributed by atoms with E-state index in [9.17, 15) is 24.3 Å². The number of hydrogen-bond acceptors (Lipinski definition) is 5. The minimum absolute atomic E-state index is 0.0359. The fourth-order valence-electron chi connectivity index (χ4n) is 4.56. The van der Waals surface area contributed by atoms with Gasteiger partial charge in [0.05, 0.1) is 6.04 Å². The van der Waals surface area contributed by atoms with E-state index >= 15 is 0 Å². The van der Waals surface area contributed by atoms with Crippen molar-refractivity contribution in [2.45, 2.75) is 91.4 Å². The number of para-hydroxylation sites is 1. The second-order valence-electron chi connectivity index (χ2n) is 11.6. The Bertz CT molecular complexity index is 1130. The summed E-state index contributed by atoms with van der Waals surface area (Å²) < 4.78 is 0. The first-order valence-electron chi connectivity index (χ1n) is 13.7. The minimum atomic E-state index is -1.14. The van der Waals surface area contributed by atoms with Gasteiger partial charge in [-0.15, -0.1) is 0 Å². The second kappa shape index (κ2) is 14.7. The van der Waals surface area contributed by atoms with E-state index in [-0.39, 0.29) is 30.6 Å². The van der Waals surface area contributed by atoms with E-state index in [2.05, 4.69) is 20.9 Å². The number of nitrogens with two attached hydrogens (primary N) is 1. The molecular formula is C29H45N5O5. The Morgan fingerprint density at radius 2 is 1.28 bits per heavy atom. The highest BCUT2D eigenvalue weighted by Gasteiger charge is 2.31. The van der Waals surface area contributed by atoms with Crippen molar-refractivity contribution in [2.75, 3.05) is 0 Å². The number of hydrogen-bond donors (Lipinski definition) is 6. The molecule has 0 radical (unpaired) electrons. The van der Waals surface area contributed by atoms with Gasteiger partial charge in [-0.3, -0.25) is 14.4 Å². The van der Waals surface area contributed by atoms with Gasteiger partial charge in [-0.05, 0) is 48.6 Å². The Labute approximate surface area is 230 Å². The molecule has 4 atom stereocenters. The van der Waals surface area contributed by atoms with Gasteiger partial charge >= 0.3 is 5.97 Å². The molecule has 0 saturated carbocycles. The summed E-state index contributed by atoms with van der Waals surface area (Å²) in [6, 6.07) is 3.76. The average Bonchev–Trinajstić information content (AvgIpc) is 3.24. The number of aromatic nitrogens is 1. The number of carbonyl (C=O) groups excluding carboxylic acids is 3. The van der Waals surface area contributed by atoms with Crippen LogP contribution in [0.2, 0.25) is 0 Å². The summed E-state index contributed by atoms with van der Waals surface area (Å²) in [5.74, 6) is -2.37. The number of carboxylic acids is 1. The third-order valence-corrected chi connectivity index (χ3v) is 6.46. The Morgan fingerprint density at radius 3 is 1.87 bits per heavy atom. The summed E-state index contributed by atoms with van der Waals surface area (Å²) in [6.07, 6.45) is 2.97. The zero-order valence-electron chi connectivity index (χ0n) is 23.9. The van der Waals surface area contributed by atoms with Crippen molar-refractivity contribution in [3.8, 4) is 0 Å². The van der Waals surface area contributed by atoms with Crippen LogP contribution in [0, 0.1) is 17.8 Å². The molecule has 0 aliphatic rings. The van der Waals surface area contributed by atoms with Crippen molar-refractivity contribution in [3.05, 3.63) is 36.0 Å². The fourth-order valence-corrected chi connectivity index (χ4v) is 4.56. The first kappa shape index (κ1) is 31.8. The summed E-state index contributed by atoms with van der Waals surface area (Å²) in [7, 11) is 0.